The van der Waals surface area contributed by atoms with Gasteiger partial charge in [0.25, 0.3) is 0 Å². The predicted molar refractivity (Wildman–Crippen MR) is 81.0 cm³/mol. The molecule has 0 aliphatic rings. The van der Waals surface area contributed by atoms with Gasteiger partial charge in [-0.1, -0.05) is 30.3 Å². The number of nitrogens with one attached hydrogen (secondary N) is 1. The van der Waals surface area contributed by atoms with E-state index < -0.39 is 12.0 Å². The summed E-state index contributed by atoms with van der Waals surface area (Å²) in [6.45, 7) is 1.92. The van der Waals surface area contributed by atoms with E-state index >= 15 is 0 Å². The minimum Gasteiger partial charge on any atom is -0.479 e. The quantitative estimate of drug-likeness (QED) is 0.844. The highest BCUT2D eigenvalue weighted by Crippen LogP contribution is 2.14. The molecule has 0 fully saturated rings. The van der Waals surface area contributed by atoms with E-state index in [2.05, 4.69) is 5.32 Å². The summed E-state index contributed by atoms with van der Waals surface area (Å²) in [5.74, 6) is -0.275. The number of carbonyl (C=O) groups is 2. The zero-order valence-electron chi connectivity index (χ0n) is 11.9. The van der Waals surface area contributed by atoms with E-state index in [1.54, 1.807) is 49.1 Å². The maximum Gasteiger partial charge on any atom is 0.330 e. The first kappa shape index (κ1) is 16.4. The van der Waals surface area contributed by atoms with Crippen molar-refractivity contribution in [1.82, 2.24) is 10.2 Å². The summed E-state index contributed by atoms with van der Waals surface area (Å²) in [7, 11) is 1.67. The topological polar surface area (TPSA) is 69.6 Å². The second-order valence-electron chi connectivity index (χ2n) is 4.55. The number of amides is 2. The van der Waals surface area contributed by atoms with Crippen molar-refractivity contribution < 1.29 is 14.7 Å². The summed E-state index contributed by atoms with van der Waals surface area (Å²) in [5.41, 5.74) is 0.555. The van der Waals surface area contributed by atoms with Crippen LogP contribution in [0.5, 0.6) is 0 Å². The predicted octanol–water partition coefficient (Wildman–Crippen LogP) is 2.21. The van der Waals surface area contributed by atoms with Crippen LogP contribution in [0.3, 0.4) is 0 Å². The van der Waals surface area contributed by atoms with Crippen LogP contribution in [0.2, 0.25) is 0 Å². The molecule has 1 rings (SSSR count). The Morgan fingerprint density at radius 2 is 1.95 bits per heavy atom. The molecule has 0 heterocycles. The number of carboxylic acids is 1. The van der Waals surface area contributed by atoms with Crippen LogP contribution in [0.15, 0.2) is 30.3 Å². The van der Waals surface area contributed by atoms with Crippen LogP contribution < -0.4 is 5.32 Å². The highest BCUT2D eigenvalue weighted by Gasteiger charge is 2.24. The molecule has 1 unspecified atom stereocenters. The van der Waals surface area contributed by atoms with E-state index in [0.717, 1.165) is 5.75 Å². The first-order valence-electron chi connectivity index (χ1n) is 6.27. The maximum absolute atomic E-state index is 12.1. The molecule has 110 valence electrons. The van der Waals surface area contributed by atoms with Gasteiger partial charge in [-0.3, -0.25) is 0 Å². The molecule has 2 atom stereocenters. The molecule has 2 N–H and O–H groups in total. The molecular formula is C14H20N2O3S. The highest BCUT2D eigenvalue weighted by atomic mass is 32.2. The fraction of sp³-hybridized carbons (Fsp3) is 0.429. The number of hydrogen-bond acceptors (Lipinski definition) is 3. The number of carboxylic acid groups (broad SMARTS) is 1. The van der Waals surface area contributed by atoms with Gasteiger partial charge in [0.05, 0.1) is 0 Å². The monoisotopic (exact) mass is 296 g/mol. The van der Waals surface area contributed by atoms with Gasteiger partial charge in [0, 0.05) is 18.8 Å². The average molecular weight is 296 g/mol. The van der Waals surface area contributed by atoms with Crippen LogP contribution in [-0.4, -0.2) is 47.1 Å². The van der Waals surface area contributed by atoms with E-state index in [9.17, 15) is 14.7 Å². The minimum atomic E-state index is -1.07. The highest BCUT2D eigenvalue weighted by molar-refractivity contribution is 7.98. The Bertz CT molecular complexity index is 453. The van der Waals surface area contributed by atoms with Crippen LogP contribution in [0.1, 0.15) is 18.5 Å². The minimum absolute atomic E-state index is 0.0372. The Kier molecular flexibility index (Phi) is 6.38. The van der Waals surface area contributed by atoms with Crippen molar-refractivity contribution in [3.63, 3.8) is 0 Å². The molecule has 2 amide bonds. The van der Waals surface area contributed by atoms with Crippen molar-refractivity contribution in [2.24, 2.45) is 0 Å². The summed E-state index contributed by atoms with van der Waals surface area (Å²) in [4.78, 5) is 24.9. The van der Waals surface area contributed by atoms with Crippen molar-refractivity contribution in [2.75, 3.05) is 19.1 Å². The summed E-state index contributed by atoms with van der Waals surface area (Å²) in [6.07, 6.45) is 1.96. The van der Waals surface area contributed by atoms with E-state index in [4.69, 9.17) is 0 Å². The first-order chi connectivity index (χ1) is 9.47. The molecule has 20 heavy (non-hydrogen) atoms. The molecule has 6 heteroatoms. The lowest BCUT2D eigenvalue weighted by Crippen LogP contribution is -2.46. The van der Waals surface area contributed by atoms with E-state index in [1.165, 1.54) is 4.90 Å². The normalized spacial score (nSPS) is 13.3. The zero-order chi connectivity index (χ0) is 15.1. The Hall–Kier alpha value is -1.69. The lowest BCUT2D eigenvalue weighted by atomic mass is 10.1. The standard InChI is InChI=1S/C14H20N2O3S/c1-10(9-20-3)16(2)14(19)15-12(13(17)18)11-7-5-4-6-8-11/h4-8,10,12H,9H2,1-3H3,(H,15,19)(H,17,18)/t10?,12-/m1/s1. The molecule has 0 bridgehead atoms. The molecule has 0 aliphatic heterocycles. The molecule has 0 saturated heterocycles. The Morgan fingerprint density at radius 1 is 1.35 bits per heavy atom. The van der Waals surface area contributed by atoms with Crippen LogP contribution in [0.4, 0.5) is 4.79 Å². The van der Waals surface area contributed by atoms with Crippen molar-refractivity contribution in [3.8, 4) is 0 Å². The second kappa shape index (κ2) is 7.79. The zero-order valence-corrected chi connectivity index (χ0v) is 12.7. The van der Waals surface area contributed by atoms with Crippen molar-refractivity contribution in [2.45, 2.75) is 19.0 Å². The van der Waals surface area contributed by atoms with Gasteiger partial charge in [0.15, 0.2) is 6.04 Å². The molecular weight excluding hydrogens is 276 g/mol. The van der Waals surface area contributed by atoms with E-state index in [0.29, 0.717) is 5.56 Å². The SMILES string of the molecule is CSCC(C)N(C)C(=O)N[C@@H](C(=O)O)c1ccccc1. The van der Waals surface area contributed by atoms with Gasteiger partial charge < -0.3 is 15.3 Å². The summed E-state index contributed by atoms with van der Waals surface area (Å²) >= 11 is 1.64. The number of thioether (sulfide) groups is 1. The second-order valence-corrected chi connectivity index (χ2v) is 5.46. The summed E-state index contributed by atoms with van der Waals surface area (Å²) in [6, 6.07) is 7.28. The van der Waals surface area contributed by atoms with Crippen LogP contribution in [0.25, 0.3) is 0 Å². The third-order valence-corrected chi connectivity index (χ3v) is 3.85. The molecule has 0 spiro atoms. The van der Waals surface area contributed by atoms with Gasteiger partial charge in [-0.2, -0.15) is 11.8 Å². The smallest absolute Gasteiger partial charge is 0.330 e. The molecule has 0 radical (unpaired) electrons. The number of nitrogens with zero attached hydrogens (tertiary/aromatic N) is 1. The Balaban J connectivity index is 2.77. The van der Waals surface area contributed by atoms with Crippen molar-refractivity contribution in [3.05, 3.63) is 35.9 Å². The van der Waals surface area contributed by atoms with E-state index in [-0.39, 0.29) is 12.1 Å². The third kappa shape index (κ3) is 4.45. The summed E-state index contributed by atoms with van der Waals surface area (Å²) in [5, 5.41) is 11.8. The van der Waals surface area contributed by atoms with Gasteiger partial charge in [-0.05, 0) is 18.7 Å². The van der Waals surface area contributed by atoms with Crippen LogP contribution in [0, 0.1) is 0 Å². The first-order valence-corrected chi connectivity index (χ1v) is 7.66. The number of carbonyl (C=O) groups excluding carboxylic acids is 1. The third-order valence-electron chi connectivity index (χ3n) is 3.04. The average Bonchev–Trinajstić information content (AvgIpc) is 2.44. The Labute approximate surface area is 123 Å². The van der Waals surface area contributed by atoms with Crippen molar-refractivity contribution in [1.29, 1.82) is 0 Å². The molecule has 1 aromatic carbocycles. The van der Waals surface area contributed by atoms with Crippen molar-refractivity contribution >= 4 is 23.8 Å². The lowest BCUT2D eigenvalue weighted by Gasteiger charge is -2.26. The van der Waals surface area contributed by atoms with Gasteiger partial charge >= 0.3 is 12.0 Å². The van der Waals surface area contributed by atoms with Gasteiger partial charge in [-0.15, -0.1) is 0 Å². The largest absolute Gasteiger partial charge is 0.479 e. The molecule has 0 aliphatic carbocycles. The Morgan fingerprint density at radius 3 is 2.45 bits per heavy atom. The lowest BCUT2D eigenvalue weighted by molar-refractivity contribution is -0.139. The number of rotatable bonds is 6. The number of urea groups is 1. The summed E-state index contributed by atoms with van der Waals surface area (Å²) < 4.78 is 0. The molecule has 0 aromatic heterocycles. The number of benzene rings is 1. The van der Waals surface area contributed by atoms with Gasteiger partial charge in [0.1, 0.15) is 0 Å². The van der Waals surface area contributed by atoms with Crippen LogP contribution in [-0.2, 0) is 4.79 Å². The fourth-order valence-electron chi connectivity index (χ4n) is 1.71. The van der Waals surface area contributed by atoms with Gasteiger partial charge in [-0.25, -0.2) is 9.59 Å². The maximum atomic E-state index is 12.1. The molecule has 5 nitrogen and oxygen atoms in total. The molecule has 0 saturated carbocycles. The number of hydrogen-bond donors (Lipinski definition) is 2. The fourth-order valence-corrected chi connectivity index (χ4v) is 2.42. The van der Waals surface area contributed by atoms with E-state index in [1.807, 2.05) is 13.2 Å². The van der Waals surface area contributed by atoms with Crippen LogP contribution >= 0.6 is 11.8 Å². The molecule has 1 aromatic rings. The number of aliphatic carboxylic acids is 1. The van der Waals surface area contributed by atoms with Gasteiger partial charge in [0.2, 0.25) is 0 Å².